The van der Waals surface area contributed by atoms with Crippen LogP contribution >= 0.6 is 0 Å². The van der Waals surface area contributed by atoms with Crippen molar-refractivity contribution >= 4 is 11.0 Å². The first-order valence-corrected chi connectivity index (χ1v) is 6.78. The molecule has 0 saturated carbocycles. The van der Waals surface area contributed by atoms with E-state index in [1.807, 2.05) is 19.1 Å². The van der Waals surface area contributed by atoms with Crippen molar-refractivity contribution in [3.05, 3.63) is 51.3 Å². The molecule has 7 heteroatoms. The lowest BCUT2D eigenvalue weighted by molar-refractivity contribution is 0.415. The SMILES string of the molecule is CCn1c(=O)[nH]c(=O)c2cnc(-c3ccc(OC)cc3)nc21. The number of aromatic amines is 1. The molecular formula is C15H14N4O3. The molecular weight excluding hydrogens is 284 g/mol. The highest BCUT2D eigenvalue weighted by molar-refractivity contribution is 5.75. The Balaban J connectivity index is 2.24. The van der Waals surface area contributed by atoms with E-state index in [-0.39, 0.29) is 0 Å². The van der Waals surface area contributed by atoms with E-state index in [1.54, 1.807) is 19.2 Å². The third-order valence-corrected chi connectivity index (χ3v) is 3.40. The van der Waals surface area contributed by atoms with Crippen molar-refractivity contribution in [3.8, 4) is 17.1 Å². The van der Waals surface area contributed by atoms with Gasteiger partial charge in [0.2, 0.25) is 0 Å². The number of rotatable bonds is 3. The molecule has 2 heterocycles. The highest BCUT2D eigenvalue weighted by Gasteiger charge is 2.10. The van der Waals surface area contributed by atoms with E-state index >= 15 is 0 Å². The number of methoxy groups -OCH3 is 1. The van der Waals surface area contributed by atoms with Crippen LogP contribution in [0.4, 0.5) is 0 Å². The van der Waals surface area contributed by atoms with Gasteiger partial charge in [-0.3, -0.25) is 14.3 Å². The van der Waals surface area contributed by atoms with Crippen LogP contribution < -0.4 is 16.0 Å². The smallest absolute Gasteiger partial charge is 0.329 e. The van der Waals surface area contributed by atoms with Crippen LogP contribution in [0, 0.1) is 0 Å². The van der Waals surface area contributed by atoms with Crippen molar-refractivity contribution in [2.75, 3.05) is 7.11 Å². The number of hydrogen-bond donors (Lipinski definition) is 1. The zero-order valence-electron chi connectivity index (χ0n) is 12.2. The Bertz CT molecular complexity index is 942. The van der Waals surface area contributed by atoms with Gasteiger partial charge < -0.3 is 4.74 Å². The molecule has 0 saturated heterocycles. The normalized spacial score (nSPS) is 10.8. The Hall–Kier alpha value is -2.96. The zero-order chi connectivity index (χ0) is 15.7. The molecule has 2 aromatic heterocycles. The van der Waals surface area contributed by atoms with Crippen LogP contribution in [0.25, 0.3) is 22.4 Å². The highest BCUT2D eigenvalue weighted by Crippen LogP contribution is 2.19. The number of fused-ring (bicyclic) bond motifs is 1. The summed E-state index contributed by atoms with van der Waals surface area (Å²) in [6, 6.07) is 7.24. The second-order valence-electron chi connectivity index (χ2n) is 4.66. The molecule has 0 aliphatic carbocycles. The summed E-state index contributed by atoms with van der Waals surface area (Å²) >= 11 is 0. The average molecular weight is 298 g/mol. The minimum atomic E-state index is -0.481. The summed E-state index contributed by atoms with van der Waals surface area (Å²) in [4.78, 5) is 34.5. The number of nitrogens with one attached hydrogen (secondary N) is 1. The van der Waals surface area contributed by atoms with E-state index in [0.29, 0.717) is 23.4 Å². The minimum absolute atomic E-state index is 0.290. The molecule has 0 bridgehead atoms. The molecule has 0 radical (unpaired) electrons. The molecule has 0 aliphatic heterocycles. The quantitative estimate of drug-likeness (QED) is 0.784. The van der Waals surface area contributed by atoms with Gasteiger partial charge in [0.25, 0.3) is 5.56 Å². The Morgan fingerprint density at radius 1 is 1.23 bits per heavy atom. The predicted octanol–water partition coefficient (Wildman–Crippen LogP) is 1.18. The monoisotopic (exact) mass is 298 g/mol. The lowest BCUT2D eigenvalue weighted by Gasteiger charge is -2.07. The van der Waals surface area contributed by atoms with Crippen molar-refractivity contribution in [2.24, 2.45) is 0 Å². The van der Waals surface area contributed by atoms with Gasteiger partial charge in [0.1, 0.15) is 11.1 Å². The second kappa shape index (κ2) is 5.44. The molecule has 3 aromatic rings. The third kappa shape index (κ3) is 2.26. The highest BCUT2D eigenvalue weighted by atomic mass is 16.5. The summed E-state index contributed by atoms with van der Waals surface area (Å²) in [6.07, 6.45) is 1.44. The fraction of sp³-hybridized carbons (Fsp3) is 0.200. The molecule has 0 spiro atoms. The first-order chi connectivity index (χ1) is 10.6. The lowest BCUT2D eigenvalue weighted by atomic mass is 10.2. The van der Waals surface area contributed by atoms with Crippen LogP contribution in [-0.2, 0) is 6.54 Å². The number of hydrogen-bond acceptors (Lipinski definition) is 5. The van der Waals surface area contributed by atoms with Gasteiger partial charge in [-0.2, -0.15) is 0 Å². The Labute approximate surface area is 125 Å². The summed E-state index contributed by atoms with van der Waals surface area (Å²) in [5.41, 5.74) is 0.153. The zero-order valence-corrected chi connectivity index (χ0v) is 12.2. The topological polar surface area (TPSA) is 89.9 Å². The standard InChI is InChI=1S/C15H14N4O3/c1-3-19-13-11(14(20)18-15(19)21)8-16-12(17-13)9-4-6-10(22-2)7-5-9/h4-8H,3H2,1-2H3,(H,18,20,21). The molecule has 0 fully saturated rings. The van der Waals surface area contributed by atoms with Crippen molar-refractivity contribution in [1.82, 2.24) is 19.5 Å². The Morgan fingerprint density at radius 3 is 2.59 bits per heavy atom. The summed E-state index contributed by atoms with van der Waals surface area (Å²) < 4.78 is 6.52. The van der Waals surface area contributed by atoms with Gasteiger partial charge in [-0.05, 0) is 31.2 Å². The number of aryl methyl sites for hydroxylation is 1. The first kappa shape index (κ1) is 14.0. The molecule has 1 N–H and O–H groups in total. The Morgan fingerprint density at radius 2 is 1.95 bits per heavy atom. The van der Waals surface area contributed by atoms with E-state index in [4.69, 9.17) is 4.74 Å². The van der Waals surface area contributed by atoms with Crippen LogP contribution in [0.5, 0.6) is 5.75 Å². The van der Waals surface area contributed by atoms with E-state index in [9.17, 15) is 9.59 Å². The molecule has 3 rings (SSSR count). The largest absolute Gasteiger partial charge is 0.497 e. The van der Waals surface area contributed by atoms with Crippen LogP contribution in [0.3, 0.4) is 0 Å². The van der Waals surface area contributed by atoms with Crippen molar-refractivity contribution in [1.29, 1.82) is 0 Å². The van der Waals surface area contributed by atoms with Crippen LogP contribution in [0.15, 0.2) is 40.1 Å². The second-order valence-corrected chi connectivity index (χ2v) is 4.66. The van der Waals surface area contributed by atoms with Crippen molar-refractivity contribution < 1.29 is 4.74 Å². The van der Waals surface area contributed by atoms with Crippen molar-refractivity contribution in [3.63, 3.8) is 0 Å². The summed E-state index contributed by atoms with van der Waals surface area (Å²) in [5, 5.41) is 0.290. The third-order valence-electron chi connectivity index (χ3n) is 3.40. The summed E-state index contributed by atoms with van der Waals surface area (Å²) in [7, 11) is 1.59. The summed E-state index contributed by atoms with van der Waals surface area (Å²) in [6.45, 7) is 2.22. The fourth-order valence-electron chi connectivity index (χ4n) is 2.24. The Kier molecular flexibility index (Phi) is 3.46. The predicted molar refractivity (Wildman–Crippen MR) is 82.1 cm³/mol. The van der Waals surface area contributed by atoms with E-state index in [1.165, 1.54) is 10.8 Å². The van der Waals surface area contributed by atoms with Gasteiger partial charge in [-0.25, -0.2) is 14.8 Å². The fourth-order valence-corrected chi connectivity index (χ4v) is 2.24. The van der Waals surface area contributed by atoms with Crippen molar-refractivity contribution in [2.45, 2.75) is 13.5 Å². The molecule has 1 aromatic carbocycles. The van der Waals surface area contributed by atoms with Gasteiger partial charge in [0.15, 0.2) is 11.5 Å². The number of H-pyrrole nitrogens is 1. The van der Waals surface area contributed by atoms with E-state index in [2.05, 4.69) is 15.0 Å². The summed E-state index contributed by atoms with van der Waals surface area (Å²) in [5.74, 6) is 1.17. The number of nitrogens with zero attached hydrogens (tertiary/aromatic N) is 3. The van der Waals surface area contributed by atoms with Crippen LogP contribution in [-0.4, -0.2) is 26.6 Å². The maximum atomic E-state index is 11.8. The molecule has 0 atom stereocenters. The van der Waals surface area contributed by atoms with E-state index in [0.717, 1.165) is 11.3 Å². The van der Waals surface area contributed by atoms with Gasteiger partial charge in [0.05, 0.1) is 7.11 Å². The maximum Gasteiger partial charge on any atom is 0.329 e. The minimum Gasteiger partial charge on any atom is -0.497 e. The molecule has 7 nitrogen and oxygen atoms in total. The average Bonchev–Trinajstić information content (AvgIpc) is 2.55. The van der Waals surface area contributed by atoms with Gasteiger partial charge in [0, 0.05) is 18.3 Å². The van der Waals surface area contributed by atoms with Crippen LogP contribution in [0.2, 0.25) is 0 Å². The molecule has 22 heavy (non-hydrogen) atoms. The number of ether oxygens (including phenoxy) is 1. The molecule has 0 aliphatic rings. The van der Waals surface area contributed by atoms with E-state index < -0.39 is 11.2 Å². The van der Waals surface area contributed by atoms with Crippen LogP contribution in [0.1, 0.15) is 6.92 Å². The van der Waals surface area contributed by atoms with Gasteiger partial charge in [-0.15, -0.1) is 0 Å². The maximum absolute atomic E-state index is 11.8. The first-order valence-electron chi connectivity index (χ1n) is 6.78. The molecule has 0 unspecified atom stereocenters. The number of benzene rings is 1. The lowest BCUT2D eigenvalue weighted by Crippen LogP contribution is -2.30. The number of aromatic nitrogens is 4. The van der Waals surface area contributed by atoms with Gasteiger partial charge >= 0.3 is 5.69 Å². The van der Waals surface area contributed by atoms with Gasteiger partial charge in [-0.1, -0.05) is 0 Å². The molecule has 112 valence electrons. The molecule has 0 amide bonds.